The Morgan fingerprint density at radius 3 is 2.53 bits per heavy atom. The van der Waals surface area contributed by atoms with Crippen molar-refractivity contribution in [2.45, 2.75) is 31.8 Å². The van der Waals surface area contributed by atoms with Gasteiger partial charge in [-0.05, 0) is 25.3 Å². The van der Waals surface area contributed by atoms with Crippen LogP contribution in [0.5, 0.6) is 0 Å². The number of hydrogen-bond donors (Lipinski definition) is 0. The first-order valence-electron chi connectivity index (χ1n) is 5.53. The smallest absolute Gasteiger partial charge is 0.0672 e. The van der Waals surface area contributed by atoms with Crippen molar-refractivity contribution in [2.24, 2.45) is 0 Å². The second-order valence-electron chi connectivity index (χ2n) is 4.29. The molecule has 2 unspecified atom stereocenters. The van der Waals surface area contributed by atoms with Crippen molar-refractivity contribution in [3.63, 3.8) is 0 Å². The van der Waals surface area contributed by atoms with E-state index >= 15 is 0 Å². The predicted octanol–water partition coefficient (Wildman–Crippen LogP) is 3.65. The lowest BCUT2D eigenvalue weighted by atomic mass is 9.91. The van der Waals surface area contributed by atoms with Crippen LogP contribution in [0.15, 0.2) is 24.3 Å². The molecule has 0 bridgehead atoms. The highest BCUT2D eigenvalue weighted by Gasteiger charge is 2.21. The van der Waals surface area contributed by atoms with Gasteiger partial charge >= 0.3 is 0 Å². The van der Waals surface area contributed by atoms with Crippen LogP contribution in [0.2, 0.25) is 0 Å². The van der Waals surface area contributed by atoms with E-state index in [-0.39, 0.29) is 0 Å². The van der Waals surface area contributed by atoms with Gasteiger partial charge in [0.1, 0.15) is 0 Å². The van der Waals surface area contributed by atoms with Crippen molar-refractivity contribution in [2.75, 3.05) is 11.9 Å². The maximum absolute atomic E-state index is 5.78. The van der Waals surface area contributed by atoms with E-state index in [4.69, 9.17) is 4.74 Å². The predicted molar refractivity (Wildman–Crippen MR) is 66.7 cm³/mol. The average molecular weight is 269 g/mol. The molecule has 1 fully saturated rings. The molecule has 15 heavy (non-hydrogen) atoms. The zero-order chi connectivity index (χ0) is 10.7. The molecular weight excluding hydrogens is 252 g/mol. The third-order valence-electron chi connectivity index (χ3n) is 3.09. The van der Waals surface area contributed by atoms with Crippen LogP contribution in [-0.2, 0) is 4.74 Å². The fraction of sp³-hybridized carbons (Fsp3) is 0.538. The highest BCUT2D eigenvalue weighted by atomic mass is 79.9. The molecule has 82 valence electrons. The van der Waals surface area contributed by atoms with E-state index in [9.17, 15) is 0 Å². The number of halogens is 1. The first-order chi connectivity index (χ1) is 7.29. The molecule has 0 spiro atoms. The minimum atomic E-state index is 0.423. The van der Waals surface area contributed by atoms with Gasteiger partial charge in [-0.2, -0.15) is 0 Å². The maximum atomic E-state index is 5.78. The minimum Gasteiger partial charge on any atom is -0.377 e. The first kappa shape index (κ1) is 11.2. The second-order valence-corrected chi connectivity index (χ2v) is 4.94. The van der Waals surface area contributed by atoms with Gasteiger partial charge in [-0.3, -0.25) is 0 Å². The van der Waals surface area contributed by atoms with Crippen molar-refractivity contribution < 1.29 is 4.74 Å². The quantitative estimate of drug-likeness (QED) is 0.744. The first-order valence-corrected chi connectivity index (χ1v) is 6.66. The molecular formula is C13H17BrO. The molecule has 1 aromatic rings. The fourth-order valence-electron chi connectivity index (χ4n) is 2.03. The molecule has 0 radical (unpaired) electrons. The molecule has 1 heterocycles. The van der Waals surface area contributed by atoms with Crippen LogP contribution in [0.4, 0.5) is 0 Å². The Morgan fingerprint density at radius 2 is 2.00 bits per heavy atom. The Kier molecular flexibility index (Phi) is 3.81. The zero-order valence-corrected chi connectivity index (χ0v) is 10.7. The van der Waals surface area contributed by atoms with E-state index in [1.165, 1.54) is 24.0 Å². The minimum absolute atomic E-state index is 0.423. The van der Waals surface area contributed by atoms with Crippen molar-refractivity contribution in [3.05, 3.63) is 35.4 Å². The lowest BCUT2D eigenvalue weighted by Gasteiger charge is -2.28. The van der Waals surface area contributed by atoms with Gasteiger partial charge in [-0.25, -0.2) is 0 Å². The zero-order valence-electron chi connectivity index (χ0n) is 9.08. The highest BCUT2D eigenvalue weighted by molar-refractivity contribution is 9.09. The lowest BCUT2D eigenvalue weighted by Crippen LogP contribution is -2.25. The van der Waals surface area contributed by atoms with Crippen molar-refractivity contribution >= 4 is 15.9 Å². The molecule has 1 saturated heterocycles. The number of ether oxygens (including phenoxy) is 1. The third-order valence-corrected chi connectivity index (χ3v) is 3.81. The normalized spacial score (nSPS) is 26.5. The van der Waals surface area contributed by atoms with Gasteiger partial charge in [0.05, 0.1) is 12.7 Å². The summed E-state index contributed by atoms with van der Waals surface area (Å²) < 4.78 is 5.78. The molecule has 2 rings (SSSR count). The topological polar surface area (TPSA) is 9.23 Å². The van der Waals surface area contributed by atoms with Crippen LogP contribution >= 0.6 is 15.9 Å². The molecule has 2 atom stereocenters. The van der Waals surface area contributed by atoms with E-state index < -0.39 is 0 Å². The Hall–Kier alpha value is -0.340. The summed E-state index contributed by atoms with van der Waals surface area (Å²) in [6, 6.07) is 8.84. The van der Waals surface area contributed by atoms with Gasteiger partial charge in [0.25, 0.3) is 0 Å². The molecule has 1 aromatic carbocycles. The largest absolute Gasteiger partial charge is 0.377 e. The van der Waals surface area contributed by atoms with E-state index in [1.807, 2.05) is 0 Å². The molecule has 1 aliphatic heterocycles. The molecule has 1 aliphatic rings. The van der Waals surface area contributed by atoms with Crippen molar-refractivity contribution in [1.29, 1.82) is 0 Å². The van der Waals surface area contributed by atoms with E-state index in [1.54, 1.807) is 0 Å². The second kappa shape index (κ2) is 5.13. The summed E-state index contributed by atoms with van der Waals surface area (Å²) in [6.45, 7) is 3.00. The fourth-order valence-corrected chi connectivity index (χ4v) is 2.54. The van der Waals surface area contributed by atoms with E-state index in [0.717, 1.165) is 11.9 Å². The summed E-state index contributed by atoms with van der Waals surface area (Å²) in [7, 11) is 0. The van der Waals surface area contributed by atoms with Gasteiger partial charge in [0.2, 0.25) is 0 Å². The van der Waals surface area contributed by atoms with Crippen LogP contribution < -0.4 is 0 Å². The van der Waals surface area contributed by atoms with E-state index in [2.05, 4.69) is 47.1 Å². The lowest BCUT2D eigenvalue weighted by molar-refractivity contribution is 0.0191. The van der Waals surface area contributed by atoms with Gasteiger partial charge in [-0.15, -0.1) is 0 Å². The molecule has 0 amide bonds. The van der Waals surface area contributed by atoms with Crippen molar-refractivity contribution in [3.8, 4) is 0 Å². The van der Waals surface area contributed by atoms with Crippen LogP contribution in [0.25, 0.3) is 0 Å². The summed E-state index contributed by atoms with van der Waals surface area (Å²) in [5.41, 5.74) is 2.75. The Labute approximate surface area is 100.0 Å². The third kappa shape index (κ3) is 2.82. The number of hydrogen-bond acceptors (Lipinski definition) is 1. The van der Waals surface area contributed by atoms with Crippen LogP contribution in [0, 0.1) is 6.92 Å². The van der Waals surface area contributed by atoms with Gasteiger partial charge < -0.3 is 4.74 Å². The molecule has 0 aromatic heterocycles. The van der Waals surface area contributed by atoms with Crippen LogP contribution in [-0.4, -0.2) is 18.0 Å². The molecule has 0 aliphatic carbocycles. The number of rotatable bonds is 2. The molecule has 0 saturated carbocycles. The number of alkyl halides is 1. The SMILES string of the molecule is Cc1ccc(C2CCC(CBr)OC2)cc1. The summed E-state index contributed by atoms with van der Waals surface area (Å²) in [4.78, 5) is 0. The van der Waals surface area contributed by atoms with E-state index in [0.29, 0.717) is 12.0 Å². The van der Waals surface area contributed by atoms with Gasteiger partial charge in [-0.1, -0.05) is 45.8 Å². The van der Waals surface area contributed by atoms with Crippen LogP contribution in [0.3, 0.4) is 0 Å². The summed E-state index contributed by atoms with van der Waals surface area (Å²) >= 11 is 3.47. The van der Waals surface area contributed by atoms with Gasteiger partial charge in [0, 0.05) is 11.2 Å². The Bertz CT molecular complexity index is 299. The van der Waals surface area contributed by atoms with Crippen molar-refractivity contribution in [1.82, 2.24) is 0 Å². The average Bonchev–Trinajstić information content (AvgIpc) is 2.30. The molecule has 1 nitrogen and oxygen atoms in total. The monoisotopic (exact) mass is 268 g/mol. The Morgan fingerprint density at radius 1 is 1.27 bits per heavy atom. The molecule has 2 heteroatoms. The highest BCUT2D eigenvalue weighted by Crippen LogP contribution is 2.28. The summed E-state index contributed by atoms with van der Waals surface area (Å²) in [6.07, 6.45) is 2.84. The maximum Gasteiger partial charge on any atom is 0.0672 e. The number of benzene rings is 1. The molecule has 0 N–H and O–H groups in total. The number of aryl methyl sites for hydroxylation is 1. The van der Waals surface area contributed by atoms with Gasteiger partial charge in [0.15, 0.2) is 0 Å². The summed E-state index contributed by atoms with van der Waals surface area (Å²) in [5.74, 6) is 0.598. The standard InChI is InChI=1S/C13H17BrO/c1-10-2-4-11(5-3-10)12-6-7-13(8-14)15-9-12/h2-5,12-13H,6-9H2,1H3. The summed E-state index contributed by atoms with van der Waals surface area (Å²) in [5, 5.41) is 0.966. The van der Waals surface area contributed by atoms with Crippen LogP contribution in [0.1, 0.15) is 29.9 Å². The Balaban J connectivity index is 1.98.